The number of ether oxygens (including phenoxy) is 1. The molecule has 1 heterocycles. The van der Waals surface area contributed by atoms with Gasteiger partial charge in [-0.1, -0.05) is 31.9 Å². The SMILES string of the molecule is O=[N+]([O-])c1ccc(Oc2cc(Br)cc(Br)c2)c(S(=O)(=O)N2CCNCC2)c1. The van der Waals surface area contributed by atoms with Crippen LogP contribution in [0.15, 0.2) is 50.2 Å². The predicted octanol–water partition coefficient (Wildman–Crippen LogP) is 3.51. The van der Waals surface area contributed by atoms with E-state index in [1.807, 2.05) is 0 Å². The summed E-state index contributed by atoms with van der Waals surface area (Å²) < 4.78 is 34.7. The van der Waals surface area contributed by atoms with Crippen LogP contribution in [0.4, 0.5) is 5.69 Å². The minimum absolute atomic E-state index is 0.0316. The first-order chi connectivity index (χ1) is 12.8. The average Bonchev–Trinajstić information content (AvgIpc) is 2.61. The fourth-order valence-electron chi connectivity index (χ4n) is 2.63. The van der Waals surface area contributed by atoms with Gasteiger partial charge in [-0.05, 0) is 24.3 Å². The molecule has 0 saturated carbocycles. The van der Waals surface area contributed by atoms with Crippen LogP contribution in [0.1, 0.15) is 0 Å². The van der Waals surface area contributed by atoms with Gasteiger partial charge in [-0.25, -0.2) is 8.42 Å². The van der Waals surface area contributed by atoms with Gasteiger partial charge in [0, 0.05) is 47.3 Å². The van der Waals surface area contributed by atoms with Crippen molar-refractivity contribution in [1.29, 1.82) is 0 Å². The highest BCUT2D eigenvalue weighted by Gasteiger charge is 2.31. The minimum atomic E-state index is -3.95. The summed E-state index contributed by atoms with van der Waals surface area (Å²) in [5.74, 6) is 0.422. The Balaban J connectivity index is 2.06. The van der Waals surface area contributed by atoms with Crippen LogP contribution in [0.25, 0.3) is 0 Å². The summed E-state index contributed by atoms with van der Waals surface area (Å²) in [6.07, 6.45) is 0. The molecular weight excluding hydrogens is 506 g/mol. The monoisotopic (exact) mass is 519 g/mol. The highest BCUT2D eigenvalue weighted by atomic mass is 79.9. The first-order valence-corrected chi connectivity index (χ1v) is 10.9. The minimum Gasteiger partial charge on any atom is -0.456 e. The second kappa shape index (κ2) is 8.23. The number of nitrogens with one attached hydrogen (secondary N) is 1. The number of sulfonamides is 1. The molecule has 144 valence electrons. The second-order valence-electron chi connectivity index (χ2n) is 5.75. The lowest BCUT2D eigenvalue weighted by atomic mass is 10.3. The van der Waals surface area contributed by atoms with E-state index < -0.39 is 14.9 Å². The predicted molar refractivity (Wildman–Crippen MR) is 107 cm³/mol. The molecule has 2 aromatic rings. The Hall–Kier alpha value is -1.53. The Morgan fingerprint density at radius 1 is 1.07 bits per heavy atom. The van der Waals surface area contributed by atoms with Crippen LogP contribution in [0.2, 0.25) is 0 Å². The van der Waals surface area contributed by atoms with Gasteiger partial charge in [-0.15, -0.1) is 0 Å². The van der Waals surface area contributed by atoms with Gasteiger partial charge in [0.2, 0.25) is 10.0 Å². The molecule has 0 bridgehead atoms. The molecule has 1 aliphatic rings. The van der Waals surface area contributed by atoms with E-state index in [4.69, 9.17) is 4.74 Å². The molecular formula is C16H15Br2N3O5S. The zero-order chi connectivity index (χ0) is 19.6. The van der Waals surface area contributed by atoms with Crippen LogP contribution in [0.3, 0.4) is 0 Å². The number of hydrogen-bond acceptors (Lipinski definition) is 6. The average molecular weight is 521 g/mol. The molecule has 8 nitrogen and oxygen atoms in total. The normalized spacial score (nSPS) is 15.5. The fraction of sp³-hybridized carbons (Fsp3) is 0.250. The van der Waals surface area contributed by atoms with Gasteiger partial charge in [0.25, 0.3) is 5.69 Å². The Labute approximate surface area is 173 Å². The van der Waals surface area contributed by atoms with Gasteiger partial charge in [-0.2, -0.15) is 4.31 Å². The van der Waals surface area contributed by atoms with E-state index in [1.165, 1.54) is 16.4 Å². The molecule has 3 rings (SSSR count). The Bertz CT molecular complexity index is 958. The van der Waals surface area contributed by atoms with Crippen molar-refractivity contribution in [2.24, 2.45) is 0 Å². The Morgan fingerprint density at radius 3 is 2.30 bits per heavy atom. The summed E-state index contributed by atoms with van der Waals surface area (Å²) in [6.45, 7) is 1.60. The number of piperazine rings is 1. The molecule has 0 atom stereocenters. The van der Waals surface area contributed by atoms with Gasteiger partial charge in [-0.3, -0.25) is 10.1 Å². The summed E-state index contributed by atoms with van der Waals surface area (Å²) in [5, 5.41) is 14.2. The molecule has 2 aromatic carbocycles. The molecule has 1 fully saturated rings. The number of hydrogen-bond donors (Lipinski definition) is 1. The van der Waals surface area contributed by atoms with E-state index >= 15 is 0 Å². The third kappa shape index (κ3) is 4.66. The molecule has 27 heavy (non-hydrogen) atoms. The zero-order valence-electron chi connectivity index (χ0n) is 13.9. The van der Waals surface area contributed by atoms with Crippen molar-refractivity contribution in [3.05, 3.63) is 55.5 Å². The molecule has 1 N–H and O–H groups in total. The van der Waals surface area contributed by atoms with Crippen LogP contribution < -0.4 is 10.1 Å². The van der Waals surface area contributed by atoms with Crippen LogP contribution in [0, 0.1) is 10.1 Å². The van der Waals surface area contributed by atoms with Gasteiger partial charge in [0.1, 0.15) is 16.4 Å². The highest BCUT2D eigenvalue weighted by molar-refractivity contribution is 9.11. The molecule has 0 aromatic heterocycles. The van der Waals surface area contributed by atoms with Crippen molar-refractivity contribution in [3.8, 4) is 11.5 Å². The number of nitrogens with zero attached hydrogens (tertiary/aromatic N) is 2. The molecule has 1 saturated heterocycles. The van der Waals surface area contributed by atoms with Gasteiger partial charge >= 0.3 is 0 Å². The number of benzene rings is 2. The van der Waals surface area contributed by atoms with E-state index in [2.05, 4.69) is 37.2 Å². The van der Waals surface area contributed by atoms with E-state index in [0.29, 0.717) is 18.8 Å². The fourth-order valence-corrected chi connectivity index (χ4v) is 5.46. The summed E-state index contributed by atoms with van der Waals surface area (Å²) in [5.41, 5.74) is -0.313. The van der Waals surface area contributed by atoms with Crippen molar-refractivity contribution in [2.45, 2.75) is 4.90 Å². The van der Waals surface area contributed by atoms with Gasteiger partial charge < -0.3 is 10.1 Å². The lowest BCUT2D eigenvalue weighted by Crippen LogP contribution is -2.46. The molecule has 0 radical (unpaired) electrons. The summed E-state index contributed by atoms with van der Waals surface area (Å²) >= 11 is 6.69. The second-order valence-corrected chi connectivity index (χ2v) is 9.49. The zero-order valence-corrected chi connectivity index (χ0v) is 17.9. The molecule has 0 aliphatic carbocycles. The third-order valence-electron chi connectivity index (χ3n) is 3.90. The molecule has 0 amide bonds. The Kier molecular flexibility index (Phi) is 6.16. The van der Waals surface area contributed by atoms with Gasteiger partial charge in [0.05, 0.1) is 4.92 Å². The maximum absolute atomic E-state index is 13.1. The number of rotatable bonds is 5. The lowest BCUT2D eigenvalue weighted by molar-refractivity contribution is -0.385. The van der Waals surface area contributed by atoms with Crippen molar-refractivity contribution in [3.63, 3.8) is 0 Å². The highest BCUT2D eigenvalue weighted by Crippen LogP contribution is 2.35. The van der Waals surface area contributed by atoms with Crippen LogP contribution in [-0.4, -0.2) is 43.8 Å². The molecule has 0 unspecified atom stereocenters. The molecule has 1 aliphatic heterocycles. The number of nitro benzene ring substituents is 1. The van der Waals surface area contributed by atoms with Crippen LogP contribution in [0.5, 0.6) is 11.5 Å². The Morgan fingerprint density at radius 2 is 1.70 bits per heavy atom. The summed E-state index contributed by atoms with van der Waals surface area (Å²) in [7, 11) is -3.95. The maximum Gasteiger partial charge on any atom is 0.271 e. The third-order valence-corrected chi connectivity index (χ3v) is 6.73. The smallest absolute Gasteiger partial charge is 0.271 e. The van der Waals surface area contributed by atoms with Crippen LogP contribution >= 0.6 is 31.9 Å². The van der Waals surface area contributed by atoms with Crippen molar-refractivity contribution >= 4 is 47.6 Å². The number of non-ortho nitro benzene ring substituents is 1. The topological polar surface area (TPSA) is 102 Å². The van der Waals surface area contributed by atoms with E-state index in [-0.39, 0.29) is 29.4 Å². The number of nitro groups is 1. The van der Waals surface area contributed by atoms with E-state index in [0.717, 1.165) is 15.0 Å². The van der Waals surface area contributed by atoms with Crippen molar-refractivity contribution in [1.82, 2.24) is 9.62 Å². The summed E-state index contributed by atoms with van der Waals surface area (Å²) in [6, 6.07) is 8.72. The van der Waals surface area contributed by atoms with E-state index in [1.54, 1.807) is 18.2 Å². The standard InChI is InChI=1S/C16H15Br2N3O5S/c17-11-7-12(18)9-14(8-11)26-15-2-1-13(21(22)23)10-16(15)27(24,25)20-5-3-19-4-6-20/h1-2,7-10,19H,3-6H2. The van der Waals surface area contributed by atoms with Crippen molar-refractivity contribution in [2.75, 3.05) is 26.2 Å². The lowest BCUT2D eigenvalue weighted by Gasteiger charge is -2.27. The molecule has 0 spiro atoms. The molecule has 11 heteroatoms. The maximum atomic E-state index is 13.1. The first-order valence-electron chi connectivity index (χ1n) is 7.90. The van der Waals surface area contributed by atoms with Gasteiger partial charge in [0.15, 0.2) is 0 Å². The first kappa shape index (κ1) is 20.2. The van der Waals surface area contributed by atoms with Crippen LogP contribution in [-0.2, 0) is 10.0 Å². The van der Waals surface area contributed by atoms with Crippen molar-refractivity contribution < 1.29 is 18.1 Å². The largest absolute Gasteiger partial charge is 0.456 e. The summed E-state index contributed by atoms with van der Waals surface area (Å²) in [4.78, 5) is 10.3. The van der Waals surface area contributed by atoms with E-state index in [9.17, 15) is 18.5 Å². The quantitative estimate of drug-likeness (QED) is 0.478. The number of halogens is 2.